The number of hydrogen-bond acceptors (Lipinski definition) is 21. The highest BCUT2D eigenvalue weighted by Crippen LogP contribution is 2.43. The van der Waals surface area contributed by atoms with Crippen molar-refractivity contribution in [3.63, 3.8) is 0 Å². The molecule has 0 bridgehead atoms. The molecule has 1 aliphatic carbocycles. The molecule has 0 saturated carbocycles. The normalized spacial score (nSPS) is 16.5. The maximum Gasteiger partial charge on any atom is 0.343 e. The van der Waals surface area contributed by atoms with Gasteiger partial charge in [-0.25, -0.2) is 14.6 Å². The summed E-state index contributed by atoms with van der Waals surface area (Å²) in [7, 11) is 0. The van der Waals surface area contributed by atoms with Gasteiger partial charge in [-0.15, -0.1) is 0 Å². The molecule has 0 fully saturated rings. The molecule has 0 unspecified atom stereocenters. The number of fused-ring (bicyclic) bond motifs is 5. The van der Waals surface area contributed by atoms with E-state index in [1.54, 1.807) is 50.5 Å². The number of nitrogens with zero attached hydrogens (tertiary/aromatic N) is 3. The highest BCUT2D eigenvalue weighted by molar-refractivity contribution is 6.13. The number of carbonyl (C=O) groups is 9. The van der Waals surface area contributed by atoms with Gasteiger partial charge in [-0.1, -0.05) is 20.8 Å². The second-order valence-electron chi connectivity index (χ2n) is 22.6. The molecule has 0 radical (unpaired) electrons. The number of esters is 1. The molecule has 0 saturated heterocycles. The van der Waals surface area contributed by atoms with E-state index in [0.29, 0.717) is 128 Å². The van der Waals surface area contributed by atoms with E-state index in [2.05, 4.69) is 21.3 Å². The second kappa shape index (κ2) is 35.4. The van der Waals surface area contributed by atoms with Crippen LogP contribution < -0.4 is 26.8 Å². The van der Waals surface area contributed by atoms with Crippen molar-refractivity contribution >= 4 is 69.8 Å². The number of carbonyl (C=O) groups excluding carboxylic acids is 8. The summed E-state index contributed by atoms with van der Waals surface area (Å²) in [6.45, 7) is 12.2. The first-order chi connectivity index (χ1) is 43.8. The molecule has 28 nitrogen and oxygen atoms in total. The van der Waals surface area contributed by atoms with E-state index in [4.69, 9.17) is 47.6 Å². The number of ether oxygens (including phenoxy) is 9. The van der Waals surface area contributed by atoms with Gasteiger partial charge in [-0.05, 0) is 74.3 Å². The fourth-order valence-electron chi connectivity index (χ4n) is 10.9. The summed E-state index contributed by atoms with van der Waals surface area (Å²) < 4.78 is 50.6. The second-order valence-corrected chi connectivity index (χ2v) is 22.6. The summed E-state index contributed by atoms with van der Waals surface area (Å²) in [5.74, 6) is -6.36. The van der Waals surface area contributed by atoms with Gasteiger partial charge in [0.15, 0.2) is 5.60 Å². The molecule has 7 rings (SSSR count). The van der Waals surface area contributed by atoms with Crippen LogP contribution in [0.4, 0.5) is 5.69 Å². The highest BCUT2D eigenvalue weighted by atomic mass is 16.6. The van der Waals surface area contributed by atoms with E-state index >= 15 is 0 Å². The van der Waals surface area contributed by atoms with E-state index in [1.165, 1.54) is 12.2 Å². The van der Waals surface area contributed by atoms with E-state index in [1.807, 2.05) is 0 Å². The van der Waals surface area contributed by atoms with Gasteiger partial charge >= 0.3 is 11.9 Å². The first-order valence-corrected chi connectivity index (χ1v) is 31.0. The lowest BCUT2D eigenvalue weighted by atomic mass is 9.85. The molecule has 498 valence electrons. The minimum absolute atomic E-state index is 0.00499. The van der Waals surface area contributed by atoms with Crippen LogP contribution in [0.3, 0.4) is 0 Å². The minimum Gasteiger partial charge on any atom is -0.480 e. The zero-order chi connectivity index (χ0) is 65.5. The van der Waals surface area contributed by atoms with Crippen LogP contribution in [-0.4, -0.2) is 209 Å². The third kappa shape index (κ3) is 19.8. The fraction of sp³-hybridized carbons (Fsp3) is 0.603. The Kier molecular flexibility index (Phi) is 27.6. The van der Waals surface area contributed by atoms with Crippen LogP contribution >= 0.6 is 0 Å². The number of nitrogens with one attached hydrogen (secondary N) is 4. The first kappa shape index (κ1) is 71.0. The maximum absolute atomic E-state index is 13.8. The number of aliphatic hydroxyl groups is 1. The number of aryl methyl sites for hydroxylation is 2. The van der Waals surface area contributed by atoms with Crippen molar-refractivity contribution in [2.75, 3.05) is 124 Å². The van der Waals surface area contributed by atoms with Crippen LogP contribution in [0.15, 0.2) is 35.1 Å². The Morgan fingerprint density at radius 3 is 1.82 bits per heavy atom. The van der Waals surface area contributed by atoms with Crippen LogP contribution in [0.25, 0.3) is 22.3 Å². The van der Waals surface area contributed by atoms with Crippen LogP contribution in [0, 0.1) is 11.8 Å². The first-order valence-electron chi connectivity index (χ1n) is 31.0. The van der Waals surface area contributed by atoms with Crippen molar-refractivity contribution < 1.29 is 96.0 Å². The number of cyclic esters (lactones) is 1. The number of carboxylic acid groups (broad SMARTS) is 1. The number of ketones is 1. The molecule has 2 aromatic heterocycles. The third-order valence-corrected chi connectivity index (χ3v) is 16.0. The average molecular weight is 1280 g/mol. The molecule has 6 N–H and O–H groups in total. The predicted molar refractivity (Wildman–Crippen MR) is 324 cm³/mol. The summed E-state index contributed by atoms with van der Waals surface area (Å²) in [5.41, 5.74) is 3.19. The van der Waals surface area contributed by atoms with E-state index in [9.17, 15) is 58.2 Å². The summed E-state index contributed by atoms with van der Waals surface area (Å²) in [4.78, 5) is 133. The van der Waals surface area contributed by atoms with Crippen molar-refractivity contribution in [3.05, 3.63) is 68.5 Å². The van der Waals surface area contributed by atoms with E-state index in [0.717, 1.165) is 33.4 Å². The summed E-state index contributed by atoms with van der Waals surface area (Å²) in [6, 6.07) is 2.86. The van der Waals surface area contributed by atoms with Crippen LogP contribution in [0.1, 0.15) is 100 Å². The Balaban J connectivity index is 0.681. The van der Waals surface area contributed by atoms with Crippen molar-refractivity contribution in [3.8, 4) is 11.4 Å². The third-order valence-electron chi connectivity index (χ3n) is 16.0. The summed E-state index contributed by atoms with van der Waals surface area (Å²) in [6.07, 6.45) is 3.72. The predicted octanol–water partition coefficient (Wildman–Crippen LogP) is 1.55. The van der Waals surface area contributed by atoms with Crippen LogP contribution in [0.5, 0.6) is 0 Å². The number of imide groups is 1. The lowest BCUT2D eigenvalue weighted by molar-refractivity contribution is -0.172. The van der Waals surface area contributed by atoms with Gasteiger partial charge in [0, 0.05) is 79.0 Å². The Morgan fingerprint density at radius 2 is 1.25 bits per heavy atom. The highest BCUT2D eigenvalue weighted by Gasteiger charge is 2.46. The molecule has 1 aromatic carbocycles. The van der Waals surface area contributed by atoms with Gasteiger partial charge in [0.2, 0.25) is 23.6 Å². The van der Waals surface area contributed by atoms with Crippen molar-refractivity contribution in [1.82, 2.24) is 30.4 Å². The van der Waals surface area contributed by atoms with Crippen molar-refractivity contribution in [1.29, 1.82) is 0 Å². The van der Waals surface area contributed by atoms with Crippen LogP contribution in [-0.2, 0) is 117 Å². The zero-order valence-corrected chi connectivity index (χ0v) is 52.2. The molecule has 4 aliphatic rings. The lowest BCUT2D eigenvalue weighted by Gasteiger charge is -2.31. The molecule has 5 heterocycles. The minimum atomic E-state index is -1.95. The number of amides is 6. The molecule has 0 spiro atoms. The van der Waals surface area contributed by atoms with Gasteiger partial charge in [0.25, 0.3) is 17.4 Å². The molecule has 3 aromatic rings. The number of anilines is 1. The molecule has 28 heteroatoms. The van der Waals surface area contributed by atoms with E-state index < -0.39 is 65.1 Å². The number of aromatic nitrogens is 2. The Morgan fingerprint density at radius 1 is 0.681 bits per heavy atom. The number of rotatable bonds is 43. The summed E-state index contributed by atoms with van der Waals surface area (Å²) in [5, 5.41) is 32.9. The fourth-order valence-corrected chi connectivity index (χ4v) is 10.9. The monoisotopic (exact) mass is 1280 g/mol. The van der Waals surface area contributed by atoms with Crippen molar-refractivity contribution in [2.24, 2.45) is 11.8 Å². The summed E-state index contributed by atoms with van der Waals surface area (Å²) >= 11 is 0. The lowest BCUT2D eigenvalue weighted by Crippen LogP contribution is -2.45. The van der Waals surface area contributed by atoms with Crippen LogP contribution in [0.2, 0.25) is 0 Å². The Bertz CT molecular complexity index is 3170. The number of pyridine rings is 2. The quantitative estimate of drug-likeness (QED) is 0.0208. The topological polar surface area (TPSA) is 363 Å². The Hall–Kier alpha value is -7.41. The van der Waals surface area contributed by atoms with Gasteiger partial charge in [-0.3, -0.25) is 43.3 Å². The van der Waals surface area contributed by atoms with Gasteiger partial charge in [-0.2, -0.15) is 0 Å². The standard InChI is InChI=1S/C63H85N7O21/c1-5-63(82)47-36-51-57-45(37-70(51)60(78)46(47)38-91-62(63)81)42-7-6-8-43-48(11-12-49(67-57)56(42)43)68-58(76)40(4)65-59(77)44(39(2)3)35-41(71)9-10-50(61(79)80)66-53(73)16-19-83-21-23-85-25-27-87-29-31-89-33-34-90-32-30-88-28-26-86-24-22-84-20-17-64-52(72)15-18-69-54(74)13-14-55(69)75/h11-14,36,39-40,44,50,82H,5-10,15-35,37-38H2,1-4H3,(H,64,72)(H,65,77)(H,66,73)(H,68,76)(H,79,80)/t40-,44-,50-,63-/m0/s1. The van der Waals surface area contributed by atoms with E-state index in [-0.39, 0.29) is 112 Å². The molecule has 3 aliphatic heterocycles. The number of hydrogen-bond donors (Lipinski definition) is 6. The van der Waals surface area contributed by atoms with Crippen molar-refractivity contribution in [2.45, 2.75) is 116 Å². The molecular formula is C63H85N7O21. The Labute approximate surface area is 526 Å². The zero-order valence-electron chi connectivity index (χ0n) is 52.2. The number of benzene rings is 1. The molecule has 6 amide bonds. The number of carboxylic acids is 1. The SMILES string of the molecule is CC[C@@]1(O)C(=O)OCc2c1cc1n(c2=O)Cc2c-1nc1ccc(NC(=O)[C@H](C)NC(=O)[C@@H](CC(=O)CC[C@H](NC(=O)CCOCCOCCOCCOCCOCCOCCOCCOCCNC(=O)CCN3C(=O)C=CC3=O)C(=O)O)C(C)C)c3c1c2CCC3. The van der Waals surface area contributed by atoms with Gasteiger partial charge < -0.3 is 78.7 Å². The largest absolute Gasteiger partial charge is 0.480 e. The number of Topliss-reactive ketones (excluding diaryl/α,β-unsaturated/α-hetero) is 1. The maximum atomic E-state index is 13.8. The van der Waals surface area contributed by atoms with Gasteiger partial charge in [0.05, 0.1) is 135 Å². The smallest absolute Gasteiger partial charge is 0.343 e. The van der Waals surface area contributed by atoms with Gasteiger partial charge in [0.1, 0.15) is 24.5 Å². The number of aliphatic carboxylic acids is 1. The molecule has 4 atom stereocenters. The molecule has 91 heavy (non-hydrogen) atoms. The molecular weight excluding hydrogens is 1190 g/mol. The average Bonchev–Trinajstić information content (AvgIpc) is 1.64.